The highest BCUT2D eigenvalue weighted by Crippen LogP contribution is 2.07. The summed E-state index contributed by atoms with van der Waals surface area (Å²) in [5.74, 6) is -0.420. The lowest BCUT2D eigenvalue weighted by molar-refractivity contribution is -0.145. The van der Waals surface area contributed by atoms with Crippen molar-refractivity contribution in [3.05, 3.63) is 0 Å². The van der Waals surface area contributed by atoms with Crippen LogP contribution < -0.4 is 5.32 Å². The van der Waals surface area contributed by atoms with Gasteiger partial charge in [-0.2, -0.15) is 0 Å². The van der Waals surface area contributed by atoms with Gasteiger partial charge in [-0.25, -0.2) is 9.59 Å². The molecule has 0 spiro atoms. The van der Waals surface area contributed by atoms with Gasteiger partial charge in [-0.05, 0) is 13.3 Å². The summed E-state index contributed by atoms with van der Waals surface area (Å²) < 4.78 is 9.47. The van der Waals surface area contributed by atoms with E-state index < -0.39 is 18.1 Å². The maximum atomic E-state index is 11.5. The molecule has 0 aromatic heterocycles. The lowest BCUT2D eigenvalue weighted by Crippen LogP contribution is -2.39. The van der Waals surface area contributed by atoms with E-state index in [-0.39, 0.29) is 0 Å². The van der Waals surface area contributed by atoms with Gasteiger partial charge in [0.25, 0.3) is 0 Å². The van der Waals surface area contributed by atoms with Crippen LogP contribution in [-0.4, -0.2) is 31.8 Å². The zero-order chi connectivity index (χ0) is 14.5. The number of amides is 1. The lowest BCUT2D eigenvalue weighted by atomic mass is 10.1. The standard InChI is InChI=1S/C14H27NO4/c1-4-5-6-7-8-9-10-11-19-13(16)12(2)15-14(17)18-3/h12H,4-11H2,1-3H3,(H,15,17). The van der Waals surface area contributed by atoms with Crippen LogP contribution >= 0.6 is 0 Å². The van der Waals surface area contributed by atoms with Gasteiger partial charge in [0, 0.05) is 0 Å². The smallest absolute Gasteiger partial charge is 0.407 e. The molecule has 0 bridgehead atoms. The van der Waals surface area contributed by atoms with Crippen molar-refractivity contribution in [2.24, 2.45) is 0 Å². The fourth-order valence-electron chi connectivity index (χ4n) is 1.65. The fourth-order valence-corrected chi connectivity index (χ4v) is 1.65. The number of unbranched alkanes of at least 4 members (excludes halogenated alkanes) is 6. The summed E-state index contributed by atoms with van der Waals surface area (Å²) in [6.45, 7) is 4.19. The molecule has 0 saturated heterocycles. The lowest BCUT2D eigenvalue weighted by Gasteiger charge is -2.12. The van der Waals surface area contributed by atoms with E-state index >= 15 is 0 Å². The summed E-state index contributed by atoms with van der Waals surface area (Å²) in [5.41, 5.74) is 0. The molecule has 0 fully saturated rings. The number of hydrogen-bond acceptors (Lipinski definition) is 4. The molecule has 0 heterocycles. The first-order valence-corrected chi connectivity index (χ1v) is 7.13. The van der Waals surface area contributed by atoms with Gasteiger partial charge in [0.1, 0.15) is 6.04 Å². The van der Waals surface area contributed by atoms with E-state index in [2.05, 4.69) is 17.0 Å². The van der Waals surface area contributed by atoms with Gasteiger partial charge in [0.15, 0.2) is 0 Å². The highest BCUT2D eigenvalue weighted by atomic mass is 16.5. The van der Waals surface area contributed by atoms with Crippen molar-refractivity contribution in [3.63, 3.8) is 0 Å². The van der Waals surface area contributed by atoms with E-state index in [9.17, 15) is 9.59 Å². The Morgan fingerprint density at radius 2 is 1.63 bits per heavy atom. The average Bonchev–Trinajstić information content (AvgIpc) is 2.41. The molecule has 0 rings (SSSR count). The minimum atomic E-state index is -0.669. The van der Waals surface area contributed by atoms with Crippen LogP contribution in [0.25, 0.3) is 0 Å². The first-order valence-electron chi connectivity index (χ1n) is 7.13. The van der Waals surface area contributed by atoms with Crippen molar-refractivity contribution in [2.75, 3.05) is 13.7 Å². The van der Waals surface area contributed by atoms with E-state index in [0.717, 1.165) is 12.8 Å². The fraction of sp³-hybridized carbons (Fsp3) is 0.857. The molecule has 1 N–H and O–H groups in total. The third kappa shape index (κ3) is 10.4. The zero-order valence-electron chi connectivity index (χ0n) is 12.4. The number of hydrogen-bond donors (Lipinski definition) is 1. The maximum absolute atomic E-state index is 11.5. The van der Waals surface area contributed by atoms with Gasteiger partial charge in [0.05, 0.1) is 13.7 Å². The molecular formula is C14H27NO4. The minimum absolute atomic E-state index is 0.416. The summed E-state index contributed by atoms with van der Waals surface area (Å²) in [4.78, 5) is 22.4. The quantitative estimate of drug-likeness (QED) is 0.491. The second kappa shape index (κ2) is 11.8. The Hall–Kier alpha value is -1.26. The Bertz CT molecular complexity index is 256. The molecule has 5 nitrogen and oxygen atoms in total. The molecule has 0 aliphatic rings. The number of esters is 1. The van der Waals surface area contributed by atoms with Gasteiger partial charge in [-0.3, -0.25) is 0 Å². The summed E-state index contributed by atoms with van der Waals surface area (Å²) >= 11 is 0. The second-order valence-corrected chi connectivity index (χ2v) is 4.65. The Kier molecular flexibility index (Phi) is 11.0. The van der Waals surface area contributed by atoms with Crippen LogP contribution in [0.1, 0.15) is 58.8 Å². The topological polar surface area (TPSA) is 64.6 Å². The Labute approximate surface area is 116 Å². The van der Waals surface area contributed by atoms with Gasteiger partial charge < -0.3 is 14.8 Å². The van der Waals surface area contributed by atoms with Crippen LogP contribution in [0, 0.1) is 0 Å². The Morgan fingerprint density at radius 1 is 1.05 bits per heavy atom. The van der Waals surface area contributed by atoms with Crippen molar-refractivity contribution >= 4 is 12.1 Å². The molecule has 0 aromatic rings. The number of alkyl carbamates (subject to hydrolysis) is 1. The number of rotatable bonds is 10. The van der Waals surface area contributed by atoms with Crippen LogP contribution in [0.3, 0.4) is 0 Å². The van der Waals surface area contributed by atoms with Crippen LogP contribution in [0.2, 0.25) is 0 Å². The molecule has 1 amide bonds. The highest BCUT2D eigenvalue weighted by molar-refractivity contribution is 5.80. The minimum Gasteiger partial charge on any atom is -0.464 e. The van der Waals surface area contributed by atoms with E-state index in [4.69, 9.17) is 4.74 Å². The summed E-state index contributed by atoms with van der Waals surface area (Å²) in [7, 11) is 1.26. The van der Waals surface area contributed by atoms with E-state index in [1.807, 2.05) is 0 Å². The molecule has 19 heavy (non-hydrogen) atoms. The largest absolute Gasteiger partial charge is 0.464 e. The molecule has 0 saturated carbocycles. The van der Waals surface area contributed by atoms with E-state index in [0.29, 0.717) is 6.61 Å². The van der Waals surface area contributed by atoms with Crippen molar-refractivity contribution in [1.29, 1.82) is 0 Å². The summed E-state index contributed by atoms with van der Waals surface area (Å²) in [6, 6.07) is -0.669. The highest BCUT2D eigenvalue weighted by Gasteiger charge is 2.16. The molecule has 0 aliphatic heterocycles. The molecule has 112 valence electrons. The monoisotopic (exact) mass is 273 g/mol. The van der Waals surface area contributed by atoms with Crippen LogP contribution in [-0.2, 0) is 14.3 Å². The summed E-state index contributed by atoms with van der Waals surface area (Å²) in [6.07, 6.45) is 7.61. The number of carbonyl (C=O) groups is 2. The Balaban J connectivity index is 3.45. The first-order chi connectivity index (χ1) is 9.11. The van der Waals surface area contributed by atoms with Crippen molar-refractivity contribution in [3.8, 4) is 0 Å². The van der Waals surface area contributed by atoms with Gasteiger partial charge in [-0.1, -0.05) is 45.4 Å². The summed E-state index contributed by atoms with van der Waals surface area (Å²) in [5, 5.41) is 2.37. The molecule has 0 aliphatic carbocycles. The van der Waals surface area contributed by atoms with Crippen LogP contribution in [0.15, 0.2) is 0 Å². The van der Waals surface area contributed by atoms with Crippen molar-refractivity contribution in [2.45, 2.75) is 64.8 Å². The number of methoxy groups -OCH3 is 1. The van der Waals surface area contributed by atoms with Gasteiger partial charge in [-0.15, -0.1) is 0 Å². The van der Waals surface area contributed by atoms with Gasteiger partial charge >= 0.3 is 12.1 Å². The molecule has 1 atom stereocenters. The normalized spacial score (nSPS) is 11.7. The third-order valence-corrected chi connectivity index (χ3v) is 2.87. The third-order valence-electron chi connectivity index (χ3n) is 2.87. The number of nitrogens with one attached hydrogen (secondary N) is 1. The predicted octanol–water partition coefficient (Wildman–Crippen LogP) is 3.02. The predicted molar refractivity (Wildman–Crippen MR) is 74.0 cm³/mol. The zero-order valence-corrected chi connectivity index (χ0v) is 12.4. The maximum Gasteiger partial charge on any atom is 0.407 e. The second-order valence-electron chi connectivity index (χ2n) is 4.65. The average molecular weight is 273 g/mol. The molecule has 1 unspecified atom stereocenters. The van der Waals surface area contributed by atoms with E-state index in [1.165, 1.54) is 39.2 Å². The van der Waals surface area contributed by atoms with E-state index in [1.54, 1.807) is 6.92 Å². The van der Waals surface area contributed by atoms with Crippen molar-refractivity contribution < 1.29 is 19.1 Å². The first kappa shape index (κ1) is 17.7. The SMILES string of the molecule is CCCCCCCCCOC(=O)C(C)NC(=O)OC. The molecule has 0 aromatic carbocycles. The Morgan fingerprint density at radius 3 is 2.21 bits per heavy atom. The van der Waals surface area contributed by atoms with Crippen LogP contribution in [0.5, 0.6) is 0 Å². The molecule has 5 heteroatoms. The van der Waals surface area contributed by atoms with Crippen molar-refractivity contribution in [1.82, 2.24) is 5.32 Å². The van der Waals surface area contributed by atoms with Crippen LogP contribution in [0.4, 0.5) is 4.79 Å². The van der Waals surface area contributed by atoms with Gasteiger partial charge in [0.2, 0.25) is 0 Å². The number of ether oxygens (including phenoxy) is 2. The molecular weight excluding hydrogens is 246 g/mol. The molecule has 0 radical (unpaired) electrons. The number of carbonyl (C=O) groups excluding carboxylic acids is 2.